The van der Waals surface area contributed by atoms with Crippen molar-refractivity contribution in [1.29, 1.82) is 0 Å². The summed E-state index contributed by atoms with van der Waals surface area (Å²) in [6, 6.07) is 32.5. The molecule has 2 aromatic carbocycles. The van der Waals surface area contributed by atoms with E-state index in [9.17, 15) is 0 Å². The summed E-state index contributed by atoms with van der Waals surface area (Å²) in [5.74, 6) is 1.72. The lowest BCUT2D eigenvalue weighted by atomic mass is 10.1. The second-order valence-electron chi connectivity index (χ2n) is 11.8. The summed E-state index contributed by atoms with van der Waals surface area (Å²) < 4.78 is 21.2. The maximum absolute atomic E-state index is 6.27. The molecule has 0 saturated carbocycles. The largest absolute Gasteiger partial charge is 0.487 e. The van der Waals surface area contributed by atoms with Gasteiger partial charge in [-0.15, -0.1) is 0 Å². The topological polar surface area (TPSA) is 34.0 Å². The molecule has 0 atom stereocenters. The quantitative estimate of drug-likeness (QED) is 0.238. The van der Waals surface area contributed by atoms with Crippen molar-refractivity contribution in [2.24, 2.45) is 0 Å². The van der Waals surface area contributed by atoms with E-state index in [0.717, 1.165) is 44.1 Å². The van der Waals surface area contributed by atoms with Gasteiger partial charge in [0.1, 0.15) is 24.7 Å². The summed E-state index contributed by atoms with van der Waals surface area (Å²) >= 11 is 0. The molecule has 12 bridgehead atoms. The van der Waals surface area contributed by atoms with Gasteiger partial charge in [0.15, 0.2) is 75.8 Å². The molecular weight excluding hydrogens is 568 g/mol. The lowest BCUT2D eigenvalue weighted by Gasteiger charge is -2.12. The summed E-state index contributed by atoms with van der Waals surface area (Å²) in [5.41, 5.74) is 8.55. The highest BCUT2D eigenvalue weighted by Gasteiger charge is 2.12. The van der Waals surface area contributed by atoms with Gasteiger partial charge in [0.25, 0.3) is 0 Å². The Morgan fingerprint density at radius 1 is 0.500 bits per heavy atom. The summed E-state index contributed by atoms with van der Waals surface area (Å²) in [6.07, 6.45) is 18.1. The van der Waals surface area contributed by atoms with E-state index < -0.39 is 0 Å². The van der Waals surface area contributed by atoms with Gasteiger partial charge in [-0.1, -0.05) is 31.2 Å². The van der Waals surface area contributed by atoms with E-state index in [2.05, 4.69) is 154 Å². The van der Waals surface area contributed by atoms with Crippen molar-refractivity contribution in [1.82, 2.24) is 0 Å². The normalized spacial score (nSPS) is 13.2. The zero-order valence-electron chi connectivity index (χ0n) is 26.3. The van der Waals surface area contributed by atoms with E-state index in [4.69, 9.17) is 9.47 Å². The number of pyridine rings is 4. The van der Waals surface area contributed by atoms with Crippen LogP contribution in [-0.2, 0) is 32.6 Å². The average molecular weight is 609 g/mol. The van der Waals surface area contributed by atoms with Crippen LogP contribution in [0.2, 0.25) is 0 Å². The standard InChI is InChI=1S/C40H40N4O2/c1-2-34-6-7-39-29-40(34)46-27-25-42-18-10-36(11-19-42)38-14-22-44(23-15-38)31-33-5-3-4-32(28-33)30-43-20-12-37(13-21-43)35-8-16-41(17-9-35)24-26-45-39/h3-23,28-29H,2,24-27,30-31H2,1H3/q+4. The summed E-state index contributed by atoms with van der Waals surface area (Å²) in [4.78, 5) is 0. The summed E-state index contributed by atoms with van der Waals surface area (Å²) in [5, 5.41) is 0. The summed E-state index contributed by atoms with van der Waals surface area (Å²) in [7, 11) is 0. The molecule has 8 aliphatic rings. The highest BCUT2D eigenvalue weighted by Crippen LogP contribution is 2.26. The van der Waals surface area contributed by atoms with Crippen molar-refractivity contribution in [2.75, 3.05) is 13.2 Å². The predicted molar refractivity (Wildman–Crippen MR) is 176 cm³/mol. The molecule has 14 rings (SSSR count). The van der Waals surface area contributed by atoms with Crippen molar-refractivity contribution in [3.63, 3.8) is 0 Å². The maximum atomic E-state index is 6.27. The van der Waals surface area contributed by atoms with Crippen LogP contribution < -0.4 is 27.7 Å². The van der Waals surface area contributed by atoms with E-state index in [1.165, 1.54) is 38.9 Å². The van der Waals surface area contributed by atoms with Gasteiger partial charge < -0.3 is 9.47 Å². The lowest BCUT2D eigenvalue weighted by molar-refractivity contribution is -0.697. The molecule has 0 unspecified atom stereocenters. The van der Waals surface area contributed by atoms with Crippen molar-refractivity contribution < 1.29 is 27.7 Å². The fraction of sp³-hybridized carbons (Fsp3) is 0.200. The first kappa shape index (κ1) is 29.4. The molecule has 6 heteroatoms. The van der Waals surface area contributed by atoms with Gasteiger partial charge in [-0.25, -0.2) is 18.3 Å². The molecule has 0 amide bonds. The van der Waals surface area contributed by atoms with Gasteiger partial charge in [0.2, 0.25) is 0 Å². The molecular formula is C40H40N4O2+4. The molecule has 0 fully saturated rings. The Bertz CT molecular complexity index is 1900. The number of ether oxygens (including phenoxy) is 2. The number of aromatic nitrogens is 4. The Hall–Kier alpha value is -5.36. The number of aryl methyl sites for hydroxylation is 1. The van der Waals surface area contributed by atoms with Gasteiger partial charge in [0, 0.05) is 65.7 Å². The minimum absolute atomic E-state index is 0.574. The Labute approximate surface area is 271 Å². The smallest absolute Gasteiger partial charge is 0.182 e. The van der Waals surface area contributed by atoms with E-state index >= 15 is 0 Å². The van der Waals surface area contributed by atoms with Crippen LogP contribution in [0, 0.1) is 0 Å². The second kappa shape index (κ2) is 13.7. The van der Waals surface area contributed by atoms with Gasteiger partial charge in [0.05, 0.1) is 0 Å². The molecule has 8 aliphatic heterocycles. The molecule has 0 aliphatic carbocycles. The van der Waals surface area contributed by atoms with Crippen LogP contribution in [0.5, 0.6) is 11.5 Å². The fourth-order valence-electron chi connectivity index (χ4n) is 5.94. The van der Waals surface area contributed by atoms with Crippen LogP contribution in [0.15, 0.2) is 141 Å². The highest BCUT2D eigenvalue weighted by atomic mass is 16.5. The van der Waals surface area contributed by atoms with Crippen LogP contribution in [0.25, 0.3) is 22.3 Å². The number of hydrogen-bond acceptors (Lipinski definition) is 2. The molecule has 0 N–H and O–H groups in total. The maximum Gasteiger partial charge on any atom is 0.182 e. The average Bonchev–Trinajstić information content (AvgIpc) is 3.10. The van der Waals surface area contributed by atoms with Crippen molar-refractivity contribution in [2.45, 2.75) is 39.5 Å². The molecule has 0 radical (unpaired) electrons. The Morgan fingerprint density at radius 2 is 0.957 bits per heavy atom. The minimum Gasteiger partial charge on any atom is -0.487 e. The van der Waals surface area contributed by atoms with Crippen LogP contribution in [0.1, 0.15) is 23.6 Å². The van der Waals surface area contributed by atoms with E-state index in [1.54, 1.807) is 0 Å². The zero-order chi connectivity index (χ0) is 31.1. The van der Waals surface area contributed by atoms with Crippen LogP contribution in [-0.4, -0.2) is 13.2 Å². The fourth-order valence-corrected chi connectivity index (χ4v) is 5.94. The third-order valence-electron chi connectivity index (χ3n) is 8.60. The molecule has 6 nitrogen and oxygen atoms in total. The third-order valence-corrected chi connectivity index (χ3v) is 8.60. The predicted octanol–water partition coefficient (Wildman–Crippen LogP) is 5.30. The first-order chi connectivity index (χ1) is 22.7. The Kier molecular flexibility index (Phi) is 8.77. The van der Waals surface area contributed by atoms with Crippen molar-refractivity contribution in [3.8, 4) is 33.8 Å². The molecule has 4 aromatic heterocycles. The first-order valence-corrected chi connectivity index (χ1v) is 16.1. The van der Waals surface area contributed by atoms with Gasteiger partial charge >= 0.3 is 0 Å². The number of benzene rings is 2. The molecule has 46 heavy (non-hydrogen) atoms. The number of hydrogen-bond donors (Lipinski definition) is 0. The summed E-state index contributed by atoms with van der Waals surface area (Å²) in [6.45, 7) is 6.49. The van der Waals surface area contributed by atoms with Gasteiger partial charge in [-0.2, -0.15) is 0 Å². The first-order valence-electron chi connectivity index (χ1n) is 16.1. The molecule has 228 valence electrons. The van der Waals surface area contributed by atoms with Crippen LogP contribution >= 0.6 is 0 Å². The lowest BCUT2D eigenvalue weighted by Crippen LogP contribution is -2.36. The van der Waals surface area contributed by atoms with E-state index in [0.29, 0.717) is 13.2 Å². The van der Waals surface area contributed by atoms with E-state index in [1.807, 2.05) is 12.1 Å². The molecule has 0 saturated heterocycles. The molecule has 6 aromatic rings. The number of rotatable bonds is 1. The molecule has 0 spiro atoms. The van der Waals surface area contributed by atoms with Gasteiger partial charge in [-0.3, -0.25) is 0 Å². The SMILES string of the molecule is CCc1ccc2cc1OCC[n+]1ccc(cc1)-c1cc[n+](cc1)Cc1cccc(c1)C[n+]1ccc(cc1)-c1cc[n+](cc1)CCO2. The second-order valence-corrected chi connectivity index (χ2v) is 11.8. The van der Waals surface area contributed by atoms with Crippen LogP contribution in [0.3, 0.4) is 0 Å². The van der Waals surface area contributed by atoms with E-state index in [-0.39, 0.29) is 0 Å². The van der Waals surface area contributed by atoms with Crippen LogP contribution in [0.4, 0.5) is 0 Å². The van der Waals surface area contributed by atoms with Gasteiger partial charge in [-0.05, 0) is 46.4 Å². The minimum atomic E-state index is 0.574. The zero-order valence-corrected chi connectivity index (χ0v) is 26.3. The highest BCUT2D eigenvalue weighted by molar-refractivity contribution is 5.61. The Morgan fingerprint density at radius 3 is 1.43 bits per heavy atom. The third kappa shape index (κ3) is 7.13. The Balaban J connectivity index is 1.14. The monoisotopic (exact) mass is 608 g/mol. The van der Waals surface area contributed by atoms with Crippen molar-refractivity contribution in [3.05, 3.63) is 157 Å². The molecule has 12 heterocycles. The van der Waals surface area contributed by atoms with Crippen molar-refractivity contribution >= 4 is 0 Å². The number of nitrogens with zero attached hydrogens (tertiary/aromatic N) is 4.